The minimum Gasteiger partial charge on any atom is -0.477 e. The van der Waals surface area contributed by atoms with Gasteiger partial charge in [0.15, 0.2) is 0 Å². The molecule has 1 aliphatic rings. The molecule has 2 heterocycles. The minimum atomic E-state index is -4.99. The fourth-order valence-electron chi connectivity index (χ4n) is 1.25. The Morgan fingerprint density at radius 1 is 1.44 bits per heavy atom. The molecule has 2 rings (SSSR count). The van der Waals surface area contributed by atoms with E-state index in [4.69, 9.17) is 5.11 Å². The second kappa shape index (κ2) is 3.97. The third-order valence-corrected chi connectivity index (χ3v) is 3.25. The number of hydrogen-bond donors (Lipinski definition) is 3. The van der Waals surface area contributed by atoms with Gasteiger partial charge in [-0.2, -0.15) is 13.2 Å². The number of thiophene rings is 1. The van der Waals surface area contributed by atoms with Crippen molar-refractivity contribution in [2.24, 2.45) is 0 Å². The monoisotopic (exact) mass is 281 g/mol. The Labute approximate surface area is 102 Å². The van der Waals surface area contributed by atoms with Gasteiger partial charge in [0, 0.05) is 6.08 Å². The van der Waals surface area contributed by atoms with Crippen LogP contribution in [0.3, 0.4) is 0 Å². The summed E-state index contributed by atoms with van der Waals surface area (Å²) >= 11 is 0.761. The van der Waals surface area contributed by atoms with Crippen molar-refractivity contribution in [3.8, 4) is 0 Å². The van der Waals surface area contributed by atoms with Crippen molar-refractivity contribution in [2.75, 3.05) is 0 Å². The van der Waals surface area contributed by atoms with E-state index >= 15 is 0 Å². The Morgan fingerprint density at radius 2 is 2.11 bits per heavy atom. The molecule has 0 amide bonds. The second-order valence-corrected chi connectivity index (χ2v) is 4.51. The first-order valence-corrected chi connectivity index (χ1v) is 5.34. The summed E-state index contributed by atoms with van der Waals surface area (Å²) in [5, 5.41) is 17.9. The first-order valence-electron chi connectivity index (χ1n) is 4.52. The molecule has 0 fully saturated rings. The quantitative estimate of drug-likeness (QED) is 0.767. The number of carbonyl (C=O) groups is 1. The summed E-state index contributed by atoms with van der Waals surface area (Å²) in [5.74, 6) is -4.59. The van der Waals surface area contributed by atoms with Crippen LogP contribution >= 0.6 is 11.3 Å². The Morgan fingerprint density at radius 3 is 2.56 bits per heavy atom. The Balaban J connectivity index is 2.30. The van der Waals surface area contributed by atoms with Crippen LogP contribution in [0, 0.1) is 0 Å². The molecule has 0 aromatic carbocycles. The van der Waals surface area contributed by atoms with Crippen molar-refractivity contribution in [3.63, 3.8) is 0 Å². The smallest absolute Gasteiger partial charge is 0.449 e. The van der Waals surface area contributed by atoms with E-state index in [9.17, 15) is 23.1 Å². The highest BCUT2D eigenvalue weighted by Gasteiger charge is 2.57. The van der Waals surface area contributed by atoms with Gasteiger partial charge in [0.1, 0.15) is 4.88 Å². The third-order valence-electron chi connectivity index (χ3n) is 2.14. The maximum Gasteiger partial charge on any atom is 0.449 e. The lowest BCUT2D eigenvalue weighted by Gasteiger charge is -2.21. The topological polar surface area (TPSA) is 78.8 Å². The van der Waals surface area contributed by atoms with E-state index in [2.05, 4.69) is 4.84 Å². The number of rotatable bonds is 2. The fraction of sp³-hybridized carbons (Fsp3) is 0.222. The molecule has 0 saturated heterocycles. The van der Waals surface area contributed by atoms with Crippen molar-refractivity contribution in [2.45, 2.75) is 12.0 Å². The van der Waals surface area contributed by atoms with Crippen LogP contribution in [-0.4, -0.2) is 28.1 Å². The molecule has 1 atom stereocenters. The molecule has 0 radical (unpaired) electrons. The fourth-order valence-corrected chi connectivity index (χ4v) is 2.05. The lowest BCUT2D eigenvalue weighted by atomic mass is 10.2. The van der Waals surface area contributed by atoms with Gasteiger partial charge in [-0.15, -0.1) is 11.3 Å². The maximum atomic E-state index is 12.4. The average molecular weight is 281 g/mol. The molecule has 5 nitrogen and oxygen atoms in total. The van der Waals surface area contributed by atoms with Gasteiger partial charge in [0.2, 0.25) is 0 Å². The molecule has 3 N–H and O–H groups in total. The highest BCUT2D eigenvalue weighted by atomic mass is 32.1. The van der Waals surface area contributed by atoms with E-state index in [1.807, 2.05) is 5.48 Å². The number of alkyl halides is 3. The van der Waals surface area contributed by atoms with Crippen molar-refractivity contribution >= 4 is 23.0 Å². The number of halogens is 3. The van der Waals surface area contributed by atoms with Crippen LogP contribution in [-0.2, 0) is 4.84 Å². The summed E-state index contributed by atoms with van der Waals surface area (Å²) in [6.45, 7) is 0. The van der Waals surface area contributed by atoms with Crippen molar-refractivity contribution in [3.05, 3.63) is 28.0 Å². The van der Waals surface area contributed by atoms with Crippen LogP contribution < -0.4 is 5.48 Å². The van der Waals surface area contributed by atoms with Gasteiger partial charge in [-0.05, 0) is 12.1 Å². The molecular weight excluding hydrogens is 275 g/mol. The summed E-state index contributed by atoms with van der Waals surface area (Å²) in [6, 6.07) is 2.56. The van der Waals surface area contributed by atoms with Crippen molar-refractivity contribution in [1.82, 2.24) is 5.48 Å². The lowest BCUT2D eigenvalue weighted by Crippen LogP contribution is -2.45. The molecule has 0 bridgehead atoms. The number of aliphatic hydroxyl groups is 1. The molecule has 1 aromatic heterocycles. The summed E-state index contributed by atoms with van der Waals surface area (Å²) in [4.78, 5) is 14.9. The van der Waals surface area contributed by atoms with Crippen LogP contribution in [0.15, 0.2) is 18.2 Å². The lowest BCUT2D eigenvalue weighted by molar-refractivity contribution is -0.345. The van der Waals surface area contributed by atoms with E-state index in [0.29, 0.717) is 6.08 Å². The largest absolute Gasteiger partial charge is 0.477 e. The molecule has 0 aliphatic carbocycles. The average Bonchev–Trinajstić information content (AvgIpc) is 2.82. The SMILES string of the molecule is O=C(O)c1ccc(C2=CC(O)(C(F)(F)F)ON2)s1. The number of nitrogens with one attached hydrogen (secondary N) is 1. The molecule has 9 heteroatoms. The number of carboxylic acid groups (broad SMARTS) is 1. The van der Waals surface area contributed by atoms with Gasteiger partial charge < -0.3 is 10.2 Å². The second-order valence-electron chi connectivity index (χ2n) is 3.43. The molecular formula is C9H6F3NO4S. The van der Waals surface area contributed by atoms with E-state index in [1.165, 1.54) is 12.1 Å². The number of hydrogen-bond acceptors (Lipinski definition) is 5. The highest BCUT2D eigenvalue weighted by molar-refractivity contribution is 7.15. The van der Waals surface area contributed by atoms with Gasteiger partial charge in [-0.25, -0.2) is 9.63 Å². The first kappa shape index (κ1) is 12.9. The third kappa shape index (κ3) is 2.07. The summed E-state index contributed by atoms with van der Waals surface area (Å²) < 4.78 is 37.3. The summed E-state index contributed by atoms with van der Waals surface area (Å²) in [6.07, 6.45) is -4.54. The maximum absolute atomic E-state index is 12.4. The molecule has 1 unspecified atom stereocenters. The highest BCUT2D eigenvalue weighted by Crippen LogP contribution is 2.38. The zero-order valence-corrected chi connectivity index (χ0v) is 9.30. The zero-order chi connectivity index (χ0) is 13.6. The molecule has 98 valence electrons. The van der Waals surface area contributed by atoms with Gasteiger partial charge in [0.25, 0.3) is 0 Å². The van der Waals surface area contributed by atoms with Crippen LogP contribution in [0.1, 0.15) is 14.5 Å². The Hall–Kier alpha value is -1.58. The van der Waals surface area contributed by atoms with E-state index < -0.39 is 17.9 Å². The van der Waals surface area contributed by atoms with Gasteiger partial charge in [0.05, 0.1) is 10.6 Å². The van der Waals surface area contributed by atoms with Crippen LogP contribution in [0.4, 0.5) is 13.2 Å². The summed E-state index contributed by atoms with van der Waals surface area (Å²) in [7, 11) is 0. The Kier molecular flexibility index (Phi) is 2.84. The zero-order valence-electron chi connectivity index (χ0n) is 8.49. The molecule has 0 spiro atoms. The van der Waals surface area contributed by atoms with Crippen molar-refractivity contribution < 1.29 is 33.0 Å². The minimum absolute atomic E-state index is 0.0323. The molecule has 18 heavy (non-hydrogen) atoms. The normalized spacial score (nSPS) is 23.7. The summed E-state index contributed by atoms with van der Waals surface area (Å²) in [5.41, 5.74) is 1.80. The predicted octanol–water partition coefficient (Wildman–Crippen LogP) is 1.57. The van der Waals surface area contributed by atoms with Crippen molar-refractivity contribution in [1.29, 1.82) is 0 Å². The van der Waals surface area contributed by atoms with E-state index in [-0.39, 0.29) is 15.5 Å². The van der Waals surface area contributed by atoms with Gasteiger partial charge >= 0.3 is 17.9 Å². The van der Waals surface area contributed by atoms with Gasteiger partial charge in [-0.3, -0.25) is 5.48 Å². The number of hydroxylamine groups is 1. The number of aromatic carboxylic acids is 1. The number of carboxylic acids is 1. The standard InChI is InChI=1S/C9H6F3NO4S/c10-9(11,12)8(16)3-4(13-17-8)5-1-2-6(18-5)7(14)15/h1-3,13,16H,(H,14,15). The molecule has 1 aromatic rings. The molecule has 1 aliphatic heterocycles. The van der Waals surface area contributed by atoms with Crippen LogP contribution in [0.2, 0.25) is 0 Å². The van der Waals surface area contributed by atoms with E-state index in [1.54, 1.807) is 0 Å². The van der Waals surface area contributed by atoms with Gasteiger partial charge in [-0.1, -0.05) is 0 Å². The Bertz CT molecular complexity index is 524. The molecule has 0 saturated carbocycles. The van der Waals surface area contributed by atoms with E-state index in [0.717, 1.165) is 11.3 Å². The predicted molar refractivity (Wildman–Crippen MR) is 54.5 cm³/mol. The van der Waals surface area contributed by atoms with Crippen LogP contribution in [0.25, 0.3) is 5.70 Å². The van der Waals surface area contributed by atoms with Crippen LogP contribution in [0.5, 0.6) is 0 Å². The first-order chi connectivity index (χ1) is 8.23.